The summed E-state index contributed by atoms with van der Waals surface area (Å²) in [5, 5.41) is 0. The summed E-state index contributed by atoms with van der Waals surface area (Å²) in [5.41, 5.74) is -0.0945. The minimum atomic E-state index is -4.34. The summed E-state index contributed by atoms with van der Waals surface area (Å²) in [7, 11) is 0. The van der Waals surface area contributed by atoms with Gasteiger partial charge in [-0.05, 0) is 25.1 Å². The van der Waals surface area contributed by atoms with E-state index in [4.69, 9.17) is 39.2 Å². The average molecular weight is 703 g/mol. The number of alkyl halides is 3. The Morgan fingerprint density at radius 3 is 1.49 bits per heavy atom. The molecule has 1 rings (SSSR count). The van der Waals surface area contributed by atoms with Crippen molar-refractivity contribution in [3.05, 3.63) is 118 Å². The molecule has 7 nitrogen and oxygen atoms in total. The molecule has 187 valence electrons. The van der Waals surface area contributed by atoms with Gasteiger partial charge in [-0.3, -0.25) is 6.58 Å². The summed E-state index contributed by atoms with van der Waals surface area (Å²) in [6.45, 7) is 34.4. The first-order valence-corrected chi connectivity index (χ1v) is 7.60. The van der Waals surface area contributed by atoms with Gasteiger partial charge in [-0.25, -0.2) is 12.2 Å². The fourth-order valence-corrected chi connectivity index (χ4v) is 1.54. The van der Waals surface area contributed by atoms with E-state index in [1.807, 2.05) is 6.92 Å². The standard InChI is InChI=1S/C17H16F3O.6CO.Fe.Re/c1-3-5-6-7-8-9-16(21-4-2)14-10-12-15(13-11-14)17(18,19)20;6*1-2;;/h1,3,5-13H,4H2,2H3;;;;;;;;/q-1;;;;;;;;/b6-5-,8-7-,16-9+;;;;;;;;. The zero-order valence-electron chi connectivity index (χ0n) is 17.8. The van der Waals surface area contributed by atoms with Gasteiger partial charge in [0, 0.05) is 43.1 Å². The molecule has 0 unspecified atom stereocenters. The number of ether oxygens (including phenoxy) is 1. The van der Waals surface area contributed by atoms with E-state index in [0.717, 1.165) is 12.1 Å². The zero-order chi connectivity index (χ0) is 27.7. The van der Waals surface area contributed by atoms with Crippen LogP contribution in [0.4, 0.5) is 13.2 Å². The second kappa shape index (κ2) is 48.7. The largest absolute Gasteiger partial charge is 0.493 e. The van der Waals surface area contributed by atoms with Gasteiger partial charge in [0.25, 0.3) is 0 Å². The first-order chi connectivity index (χ1) is 16.0. The molecule has 0 bridgehead atoms. The SMILES string of the molecule is [C-]#[O+].[C-]#[O+].[C-]#[O+].[C-]#[O+].[C-]#[O+].[C-]#[O+].[CH-]=C\C=C/C=C\C=C(\OCC)c1ccc(C(F)(F)F)cc1.[Fe].[Re]. The van der Waals surface area contributed by atoms with E-state index >= 15 is 0 Å². The maximum absolute atomic E-state index is 12.5. The zero-order valence-corrected chi connectivity index (χ0v) is 21.6. The molecule has 35 heavy (non-hydrogen) atoms. The third-order valence-corrected chi connectivity index (χ3v) is 2.49. The molecule has 0 spiro atoms. The summed E-state index contributed by atoms with van der Waals surface area (Å²) in [4.78, 5) is 0. The Hall–Kier alpha value is -2.61. The molecule has 0 amide bonds. The van der Waals surface area contributed by atoms with Crippen LogP contribution in [0.5, 0.6) is 0 Å². The van der Waals surface area contributed by atoms with Crippen molar-refractivity contribution >= 4 is 5.76 Å². The van der Waals surface area contributed by atoms with E-state index in [1.54, 1.807) is 30.4 Å². The minimum Gasteiger partial charge on any atom is -0.493 e. The van der Waals surface area contributed by atoms with E-state index in [-0.39, 0.29) is 37.5 Å². The van der Waals surface area contributed by atoms with Gasteiger partial charge in [-0.15, -0.1) is 6.08 Å². The first kappa shape index (κ1) is 53.7. The second-order valence-corrected chi connectivity index (χ2v) is 4.00. The van der Waals surface area contributed by atoms with Crippen LogP contribution in [0.2, 0.25) is 0 Å². The van der Waals surface area contributed by atoms with Crippen molar-refractivity contribution in [3.63, 3.8) is 0 Å². The molecule has 1 radical (unpaired) electrons. The predicted octanol–water partition coefficient (Wildman–Crippen LogP) is 4.95. The second-order valence-electron chi connectivity index (χ2n) is 4.00. The van der Waals surface area contributed by atoms with E-state index in [2.05, 4.69) is 39.9 Å². The molecular weight excluding hydrogens is 687 g/mol. The van der Waals surface area contributed by atoms with Gasteiger partial charge < -0.3 is 4.74 Å². The van der Waals surface area contributed by atoms with Gasteiger partial charge >= 0.3 is 74.0 Å². The van der Waals surface area contributed by atoms with E-state index in [0.29, 0.717) is 17.9 Å². The molecule has 0 aliphatic carbocycles. The molecular formula is C23H16F3FeO7Re-. The number of halogens is 3. The van der Waals surface area contributed by atoms with Crippen LogP contribution in [-0.4, -0.2) is 6.61 Å². The van der Waals surface area contributed by atoms with Crippen molar-refractivity contribution in [1.29, 1.82) is 0 Å². The maximum atomic E-state index is 12.5. The van der Waals surface area contributed by atoms with Crippen LogP contribution in [0, 0.1) is 46.5 Å². The van der Waals surface area contributed by atoms with E-state index < -0.39 is 11.7 Å². The van der Waals surface area contributed by atoms with Gasteiger partial charge in [0.1, 0.15) is 5.76 Å². The molecule has 0 N–H and O–H groups in total. The van der Waals surface area contributed by atoms with Crippen LogP contribution < -0.4 is 0 Å². The molecule has 12 heteroatoms. The number of rotatable bonds is 6. The predicted molar refractivity (Wildman–Crippen MR) is 102 cm³/mol. The molecule has 0 saturated carbocycles. The Morgan fingerprint density at radius 1 is 0.800 bits per heavy atom. The molecule has 1 aromatic carbocycles. The molecule has 0 fully saturated rings. The van der Waals surface area contributed by atoms with Crippen LogP contribution in [0.1, 0.15) is 18.1 Å². The molecule has 0 aliphatic heterocycles. The van der Waals surface area contributed by atoms with Crippen LogP contribution >= 0.6 is 0 Å². The van der Waals surface area contributed by atoms with Crippen molar-refractivity contribution in [2.75, 3.05) is 6.61 Å². The van der Waals surface area contributed by atoms with Gasteiger partial charge in [-0.2, -0.15) is 13.2 Å². The summed E-state index contributed by atoms with van der Waals surface area (Å²) >= 11 is 0. The topological polar surface area (TPSA) is 129 Å². The third-order valence-electron chi connectivity index (χ3n) is 2.49. The molecule has 0 heterocycles. The van der Waals surface area contributed by atoms with Gasteiger partial charge in [0.15, 0.2) is 0 Å². The summed E-state index contributed by atoms with van der Waals surface area (Å²) < 4.78 is 88.0. The normalized spacial score (nSPS) is 8.17. The van der Waals surface area contributed by atoms with E-state index in [9.17, 15) is 13.2 Å². The van der Waals surface area contributed by atoms with Crippen LogP contribution in [-0.2, 0) is 76.3 Å². The Balaban J connectivity index is -0.0000000757. The minimum absolute atomic E-state index is 0. The molecule has 0 aliphatic rings. The van der Waals surface area contributed by atoms with Crippen molar-refractivity contribution < 1.29 is 83.3 Å². The molecule has 0 aromatic heterocycles. The number of hydrogen-bond donors (Lipinski definition) is 0. The monoisotopic (exact) mass is 704 g/mol. The van der Waals surface area contributed by atoms with Crippen molar-refractivity contribution in [2.45, 2.75) is 13.1 Å². The van der Waals surface area contributed by atoms with Gasteiger partial charge in [0.2, 0.25) is 0 Å². The Labute approximate surface area is 226 Å². The van der Waals surface area contributed by atoms with E-state index in [1.165, 1.54) is 18.2 Å². The van der Waals surface area contributed by atoms with Crippen molar-refractivity contribution in [1.82, 2.24) is 0 Å². The van der Waals surface area contributed by atoms with Crippen LogP contribution in [0.3, 0.4) is 0 Å². The van der Waals surface area contributed by atoms with Crippen molar-refractivity contribution in [2.24, 2.45) is 0 Å². The molecule has 1 aromatic rings. The van der Waals surface area contributed by atoms with Gasteiger partial charge in [-0.1, -0.05) is 24.3 Å². The number of allylic oxidation sites excluding steroid dienone is 6. The molecule has 0 atom stereocenters. The number of hydrogen-bond acceptors (Lipinski definition) is 1. The first-order valence-electron chi connectivity index (χ1n) is 7.60. The molecule has 0 saturated heterocycles. The average Bonchev–Trinajstić information content (AvgIpc) is 2.90. The van der Waals surface area contributed by atoms with Crippen LogP contribution in [0.15, 0.2) is 60.7 Å². The fraction of sp³-hybridized carbons (Fsp3) is 0.130. The maximum Gasteiger partial charge on any atom is 0.416 e. The summed E-state index contributed by atoms with van der Waals surface area (Å²) in [6.07, 6.45) is 5.60. The van der Waals surface area contributed by atoms with Crippen molar-refractivity contribution in [3.8, 4) is 0 Å². The Bertz CT molecular complexity index is 756. The summed E-state index contributed by atoms with van der Waals surface area (Å²) in [5.74, 6) is 0.507. The Morgan fingerprint density at radius 2 is 1.17 bits per heavy atom. The van der Waals surface area contributed by atoms with Gasteiger partial charge in [0.05, 0.1) is 12.2 Å². The summed E-state index contributed by atoms with van der Waals surface area (Å²) in [6, 6.07) is 4.85. The van der Waals surface area contributed by atoms with Crippen LogP contribution in [0.25, 0.3) is 5.76 Å². The third kappa shape index (κ3) is 36.1. The Kier molecular flexibility index (Phi) is 74.7. The fourth-order valence-electron chi connectivity index (χ4n) is 1.54. The number of benzene rings is 1. The smallest absolute Gasteiger partial charge is 0.416 e. The quantitative estimate of drug-likeness (QED) is 0.134.